The van der Waals surface area contributed by atoms with Gasteiger partial charge in [0.1, 0.15) is 0 Å². The van der Waals surface area contributed by atoms with Crippen LogP contribution in [0.3, 0.4) is 0 Å². The average Bonchev–Trinajstić information content (AvgIpc) is 2.45. The van der Waals surface area contributed by atoms with Gasteiger partial charge < -0.3 is 14.8 Å². The Kier molecular flexibility index (Phi) is 8.36. The van der Waals surface area contributed by atoms with Gasteiger partial charge in [-0.25, -0.2) is 4.39 Å². The molecule has 0 aliphatic heterocycles. The zero-order chi connectivity index (χ0) is 14.6. The number of hydrogen-bond acceptors (Lipinski definition) is 4. The van der Waals surface area contributed by atoms with Gasteiger partial charge >= 0.3 is 0 Å². The van der Waals surface area contributed by atoms with Gasteiger partial charge in [0, 0.05) is 32.2 Å². The van der Waals surface area contributed by atoms with E-state index in [1.807, 2.05) is 6.07 Å². The molecule has 0 aliphatic carbocycles. The van der Waals surface area contributed by atoms with Crippen molar-refractivity contribution in [3.05, 3.63) is 29.6 Å². The summed E-state index contributed by atoms with van der Waals surface area (Å²) in [6, 6.07) is 6.98. The molecule has 0 amide bonds. The molecule has 0 bridgehead atoms. The second-order valence-electron chi connectivity index (χ2n) is 4.36. The molecule has 1 aromatic rings. The third-order valence-corrected chi connectivity index (χ3v) is 2.78. The van der Waals surface area contributed by atoms with Gasteiger partial charge in [-0.2, -0.15) is 5.26 Å². The summed E-state index contributed by atoms with van der Waals surface area (Å²) in [6.07, 6.45) is 2.02. The van der Waals surface area contributed by atoms with Gasteiger partial charge in [0.25, 0.3) is 0 Å². The third kappa shape index (κ3) is 6.00. The minimum absolute atomic E-state index is 0.300. The van der Waals surface area contributed by atoms with Crippen molar-refractivity contribution >= 4 is 0 Å². The van der Waals surface area contributed by atoms with Crippen LogP contribution >= 0.6 is 0 Å². The maximum atomic E-state index is 13.8. The summed E-state index contributed by atoms with van der Waals surface area (Å²) in [6.45, 7) is 2.27. The van der Waals surface area contributed by atoms with Crippen LogP contribution in [0.1, 0.15) is 24.8 Å². The normalized spacial score (nSPS) is 10.2. The largest absolute Gasteiger partial charge is 0.490 e. The lowest BCUT2D eigenvalue weighted by Gasteiger charge is -2.13. The van der Waals surface area contributed by atoms with Gasteiger partial charge in [-0.3, -0.25) is 0 Å². The summed E-state index contributed by atoms with van der Waals surface area (Å²) in [5.41, 5.74) is 0.793. The minimum atomic E-state index is -0.351. The molecule has 5 heteroatoms. The standard InChI is InChI=1S/C15H21FN2O2/c1-19-11-9-18-12-13-6-5-7-14(16)15(13)20-10-4-2-3-8-17/h5-7,18H,2-4,9-12H2,1H3. The summed E-state index contributed by atoms with van der Waals surface area (Å²) >= 11 is 0. The Balaban J connectivity index is 2.48. The Morgan fingerprint density at radius 1 is 1.30 bits per heavy atom. The second-order valence-corrected chi connectivity index (χ2v) is 4.36. The van der Waals surface area contributed by atoms with Crippen molar-refractivity contribution in [2.24, 2.45) is 0 Å². The predicted octanol–water partition coefficient (Wildman–Crippen LogP) is 2.63. The van der Waals surface area contributed by atoms with Crippen molar-refractivity contribution in [2.75, 3.05) is 26.9 Å². The third-order valence-electron chi connectivity index (χ3n) is 2.78. The number of rotatable bonds is 10. The monoisotopic (exact) mass is 280 g/mol. The first-order valence-electron chi connectivity index (χ1n) is 6.76. The zero-order valence-electron chi connectivity index (χ0n) is 11.8. The van der Waals surface area contributed by atoms with Crippen LogP contribution in [0.4, 0.5) is 4.39 Å². The zero-order valence-corrected chi connectivity index (χ0v) is 11.8. The number of halogens is 1. The van der Waals surface area contributed by atoms with E-state index in [1.165, 1.54) is 6.07 Å². The maximum Gasteiger partial charge on any atom is 0.165 e. The first-order chi connectivity index (χ1) is 9.79. The van der Waals surface area contributed by atoms with Crippen LogP contribution in [-0.2, 0) is 11.3 Å². The smallest absolute Gasteiger partial charge is 0.165 e. The Bertz CT molecular complexity index is 432. The highest BCUT2D eigenvalue weighted by Gasteiger charge is 2.09. The quantitative estimate of drug-likeness (QED) is 0.669. The fourth-order valence-electron chi connectivity index (χ4n) is 1.73. The number of ether oxygens (including phenoxy) is 2. The Morgan fingerprint density at radius 3 is 2.90 bits per heavy atom. The van der Waals surface area contributed by atoms with E-state index in [0.717, 1.165) is 18.4 Å². The molecule has 0 radical (unpaired) electrons. The first-order valence-corrected chi connectivity index (χ1v) is 6.76. The fourth-order valence-corrected chi connectivity index (χ4v) is 1.73. The summed E-state index contributed by atoms with van der Waals surface area (Å²) in [4.78, 5) is 0. The van der Waals surface area contributed by atoms with E-state index < -0.39 is 0 Å². The van der Waals surface area contributed by atoms with Crippen LogP contribution in [0.25, 0.3) is 0 Å². The summed E-state index contributed by atoms with van der Waals surface area (Å²) in [7, 11) is 1.64. The fraction of sp³-hybridized carbons (Fsp3) is 0.533. The van der Waals surface area contributed by atoms with Crippen LogP contribution in [0.5, 0.6) is 5.75 Å². The van der Waals surface area contributed by atoms with E-state index >= 15 is 0 Å². The van der Waals surface area contributed by atoms with Crippen molar-refractivity contribution in [1.29, 1.82) is 5.26 Å². The topological polar surface area (TPSA) is 54.3 Å². The molecule has 4 nitrogen and oxygen atoms in total. The van der Waals surface area contributed by atoms with Crippen LogP contribution in [0.15, 0.2) is 18.2 Å². The Labute approximate surface area is 119 Å². The van der Waals surface area contributed by atoms with E-state index in [0.29, 0.717) is 38.5 Å². The number of nitrogens with zero attached hydrogens (tertiary/aromatic N) is 1. The van der Waals surface area contributed by atoms with E-state index in [1.54, 1.807) is 13.2 Å². The molecule has 0 fully saturated rings. The highest BCUT2D eigenvalue weighted by atomic mass is 19.1. The second kappa shape index (κ2) is 10.2. The molecule has 20 heavy (non-hydrogen) atoms. The first kappa shape index (κ1) is 16.4. The molecule has 0 aliphatic rings. The van der Waals surface area contributed by atoms with Crippen molar-refractivity contribution in [3.63, 3.8) is 0 Å². The molecule has 1 aromatic carbocycles. The number of benzene rings is 1. The molecule has 0 saturated heterocycles. The maximum absolute atomic E-state index is 13.8. The summed E-state index contributed by atoms with van der Waals surface area (Å²) in [5, 5.41) is 11.6. The number of methoxy groups -OCH3 is 1. The molecule has 0 heterocycles. The van der Waals surface area contributed by atoms with Crippen LogP contribution in [0.2, 0.25) is 0 Å². The van der Waals surface area contributed by atoms with Crippen molar-refractivity contribution in [2.45, 2.75) is 25.8 Å². The molecule has 0 unspecified atom stereocenters. The lowest BCUT2D eigenvalue weighted by Crippen LogP contribution is -2.19. The highest BCUT2D eigenvalue weighted by molar-refractivity contribution is 5.34. The van der Waals surface area contributed by atoms with E-state index in [2.05, 4.69) is 11.4 Å². The Hall–Kier alpha value is -1.64. The van der Waals surface area contributed by atoms with Crippen LogP contribution in [0, 0.1) is 17.1 Å². The van der Waals surface area contributed by atoms with Crippen molar-refractivity contribution < 1.29 is 13.9 Å². The summed E-state index contributed by atoms with van der Waals surface area (Å²) in [5.74, 6) is -0.0503. The minimum Gasteiger partial charge on any atom is -0.490 e. The van der Waals surface area contributed by atoms with E-state index in [9.17, 15) is 4.39 Å². The molecule has 0 saturated carbocycles. The SMILES string of the molecule is COCCNCc1cccc(F)c1OCCCCC#N. The lowest BCUT2D eigenvalue weighted by atomic mass is 10.2. The Morgan fingerprint density at radius 2 is 2.15 bits per heavy atom. The molecular formula is C15H21FN2O2. The molecular weight excluding hydrogens is 259 g/mol. The molecule has 0 spiro atoms. The van der Waals surface area contributed by atoms with Gasteiger partial charge in [-0.05, 0) is 18.9 Å². The molecule has 1 rings (SSSR count). The number of hydrogen-bond donors (Lipinski definition) is 1. The van der Waals surface area contributed by atoms with Gasteiger partial charge in [-0.15, -0.1) is 0 Å². The van der Waals surface area contributed by atoms with Gasteiger partial charge in [-0.1, -0.05) is 12.1 Å². The molecule has 110 valence electrons. The van der Waals surface area contributed by atoms with Crippen LogP contribution in [-0.4, -0.2) is 26.9 Å². The lowest BCUT2D eigenvalue weighted by molar-refractivity contribution is 0.199. The number of unbranched alkanes of at least 4 members (excludes halogenated alkanes) is 2. The summed E-state index contributed by atoms with van der Waals surface area (Å²) < 4.78 is 24.2. The van der Waals surface area contributed by atoms with Gasteiger partial charge in [0.15, 0.2) is 11.6 Å². The van der Waals surface area contributed by atoms with Crippen molar-refractivity contribution in [3.8, 4) is 11.8 Å². The predicted molar refractivity (Wildman–Crippen MR) is 74.9 cm³/mol. The molecule has 0 aromatic heterocycles. The van der Waals surface area contributed by atoms with Gasteiger partial charge in [0.05, 0.1) is 19.3 Å². The number of nitrogens with one attached hydrogen (secondary N) is 1. The number of nitriles is 1. The molecule has 1 N–H and O–H groups in total. The molecule has 0 atom stereocenters. The van der Waals surface area contributed by atoms with E-state index in [4.69, 9.17) is 14.7 Å². The average molecular weight is 280 g/mol. The number of para-hydroxylation sites is 1. The highest BCUT2D eigenvalue weighted by Crippen LogP contribution is 2.23. The van der Waals surface area contributed by atoms with E-state index in [-0.39, 0.29) is 5.82 Å². The van der Waals surface area contributed by atoms with Crippen molar-refractivity contribution in [1.82, 2.24) is 5.32 Å². The van der Waals surface area contributed by atoms with Gasteiger partial charge in [0.2, 0.25) is 0 Å². The van der Waals surface area contributed by atoms with Crippen LogP contribution < -0.4 is 10.1 Å².